The molecule has 0 unspecified atom stereocenters. The van der Waals surface area contributed by atoms with Gasteiger partial charge in [-0.2, -0.15) is 0 Å². The van der Waals surface area contributed by atoms with E-state index in [1.807, 2.05) is 31.2 Å². The normalized spacial score (nSPS) is 21.1. The minimum atomic E-state index is -0.957. The Bertz CT molecular complexity index is 838. The molecule has 0 aliphatic carbocycles. The fraction of sp³-hybridized carbons (Fsp3) is 0.333. The van der Waals surface area contributed by atoms with E-state index in [1.54, 1.807) is 17.0 Å². The predicted molar refractivity (Wildman–Crippen MR) is 104 cm³/mol. The van der Waals surface area contributed by atoms with E-state index in [2.05, 4.69) is 15.9 Å². The van der Waals surface area contributed by atoms with Crippen molar-refractivity contribution in [3.63, 3.8) is 0 Å². The van der Waals surface area contributed by atoms with Crippen LogP contribution < -0.4 is 0 Å². The molecule has 0 spiro atoms. The molecule has 0 aromatic heterocycles. The summed E-state index contributed by atoms with van der Waals surface area (Å²) in [7, 11) is 0. The van der Waals surface area contributed by atoms with Gasteiger partial charge in [-0.05, 0) is 48.7 Å². The highest BCUT2D eigenvalue weighted by Gasteiger charge is 2.43. The van der Waals surface area contributed by atoms with Gasteiger partial charge in [0, 0.05) is 22.9 Å². The molecule has 1 N–H and O–H groups in total. The Balaban J connectivity index is 1.85. The lowest BCUT2D eigenvalue weighted by Crippen LogP contribution is -2.48. The number of hydrogen-bond donors (Lipinski definition) is 1. The topological polar surface area (TPSA) is 57.6 Å². The quantitative estimate of drug-likeness (QED) is 0.744. The molecule has 4 nitrogen and oxygen atoms in total. The number of hydrogen-bond acceptors (Lipinski definition) is 2. The van der Waals surface area contributed by atoms with Crippen molar-refractivity contribution >= 4 is 27.8 Å². The van der Waals surface area contributed by atoms with Crippen molar-refractivity contribution in [3.05, 3.63) is 69.9 Å². The number of carbonyl (C=O) groups excluding carboxylic acids is 1. The third-order valence-corrected chi connectivity index (χ3v) is 5.94. The van der Waals surface area contributed by atoms with Gasteiger partial charge in [0.2, 0.25) is 5.91 Å². The van der Waals surface area contributed by atoms with Crippen molar-refractivity contribution in [2.45, 2.75) is 37.6 Å². The second-order valence-electron chi connectivity index (χ2n) is 7.10. The number of nitrogens with zero attached hydrogens (tertiary/aromatic N) is 1. The first-order chi connectivity index (χ1) is 12.8. The maximum Gasteiger partial charge on any atom is 0.304 e. The number of carboxylic acid groups (broad SMARTS) is 1. The Labute approximate surface area is 166 Å². The second-order valence-corrected chi connectivity index (χ2v) is 8.01. The van der Waals surface area contributed by atoms with Crippen LogP contribution in [-0.4, -0.2) is 28.4 Å². The average molecular weight is 434 g/mol. The van der Waals surface area contributed by atoms with Gasteiger partial charge in [0.15, 0.2) is 0 Å². The monoisotopic (exact) mass is 433 g/mol. The molecule has 6 heteroatoms. The fourth-order valence-electron chi connectivity index (χ4n) is 3.86. The number of rotatable bonds is 5. The van der Waals surface area contributed by atoms with Crippen LogP contribution in [0.25, 0.3) is 0 Å². The molecule has 1 aliphatic rings. The molecule has 2 atom stereocenters. The summed E-state index contributed by atoms with van der Waals surface area (Å²) in [6.45, 7) is 2.43. The van der Waals surface area contributed by atoms with Gasteiger partial charge in [0.05, 0.1) is 12.5 Å². The molecule has 27 heavy (non-hydrogen) atoms. The summed E-state index contributed by atoms with van der Waals surface area (Å²) in [6, 6.07) is 13.6. The predicted octanol–water partition coefficient (Wildman–Crippen LogP) is 4.68. The lowest BCUT2D eigenvalue weighted by atomic mass is 9.70. The highest BCUT2D eigenvalue weighted by molar-refractivity contribution is 9.10. The molecular formula is C21H21BrFNO3. The first kappa shape index (κ1) is 19.5. The number of halogens is 2. The molecule has 1 fully saturated rings. The molecule has 1 aliphatic heterocycles. The van der Waals surface area contributed by atoms with E-state index in [4.69, 9.17) is 0 Å². The van der Waals surface area contributed by atoms with E-state index >= 15 is 0 Å². The molecule has 0 saturated carbocycles. The van der Waals surface area contributed by atoms with Crippen LogP contribution in [0.3, 0.4) is 0 Å². The molecule has 1 saturated heterocycles. The zero-order chi connectivity index (χ0) is 19.6. The van der Waals surface area contributed by atoms with Crippen LogP contribution >= 0.6 is 15.9 Å². The van der Waals surface area contributed by atoms with Gasteiger partial charge in [-0.1, -0.05) is 40.2 Å². The van der Waals surface area contributed by atoms with Crippen molar-refractivity contribution < 1.29 is 19.1 Å². The van der Waals surface area contributed by atoms with Gasteiger partial charge in [0.25, 0.3) is 0 Å². The Morgan fingerprint density at radius 1 is 1.22 bits per heavy atom. The van der Waals surface area contributed by atoms with E-state index in [-0.39, 0.29) is 30.6 Å². The SMILES string of the molecule is C[C@@H](c1ccc(Br)cc1)N1CC[C@](CC(=O)O)(c2ccc(F)cc2)CC1=O. The van der Waals surface area contributed by atoms with Crippen LogP contribution in [0.5, 0.6) is 0 Å². The third kappa shape index (κ3) is 4.21. The van der Waals surface area contributed by atoms with Gasteiger partial charge in [-0.3, -0.25) is 9.59 Å². The van der Waals surface area contributed by atoms with Crippen LogP contribution in [0.2, 0.25) is 0 Å². The lowest BCUT2D eigenvalue weighted by molar-refractivity contribution is -0.143. The van der Waals surface area contributed by atoms with Crippen LogP contribution in [0.4, 0.5) is 4.39 Å². The average Bonchev–Trinajstić information content (AvgIpc) is 2.62. The molecule has 3 rings (SSSR count). The van der Waals surface area contributed by atoms with E-state index in [1.165, 1.54) is 12.1 Å². The number of carbonyl (C=O) groups is 2. The van der Waals surface area contributed by atoms with Gasteiger partial charge in [0.1, 0.15) is 5.82 Å². The van der Waals surface area contributed by atoms with Crippen molar-refractivity contribution in [2.75, 3.05) is 6.54 Å². The van der Waals surface area contributed by atoms with Crippen LogP contribution in [0, 0.1) is 5.82 Å². The van der Waals surface area contributed by atoms with Crippen molar-refractivity contribution in [3.8, 4) is 0 Å². The zero-order valence-electron chi connectivity index (χ0n) is 15.0. The maximum atomic E-state index is 13.3. The Hall–Kier alpha value is -2.21. The molecular weight excluding hydrogens is 413 g/mol. The summed E-state index contributed by atoms with van der Waals surface area (Å²) in [5.41, 5.74) is 0.932. The van der Waals surface area contributed by atoms with Gasteiger partial charge in [-0.25, -0.2) is 4.39 Å². The van der Waals surface area contributed by atoms with E-state index in [0.29, 0.717) is 18.5 Å². The molecule has 142 valence electrons. The molecule has 1 amide bonds. The fourth-order valence-corrected chi connectivity index (χ4v) is 4.13. The van der Waals surface area contributed by atoms with Crippen molar-refractivity contribution in [2.24, 2.45) is 0 Å². The number of carboxylic acids is 1. The molecule has 0 radical (unpaired) electrons. The van der Waals surface area contributed by atoms with Crippen LogP contribution in [-0.2, 0) is 15.0 Å². The Kier molecular flexibility index (Phi) is 5.65. The smallest absolute Gasteiger partial charge is 0.304 e. The largest absolute Gasteiger partial charge is 0.481 e. The standard InChI is InChI=1S/C21H21BrFNO3/c1-14(15-2-6-17(22)7-3-15)24-11-10-21(12-19(24)25,13-20(26)27)16-4-8-18(23)9-5-16/h2-9,14H,10-13H2,1H3,(H,26,27)/t14-,21-/m0/s1. The first-order valence-electron chi connectivity index (χ1n) is 8.83. The summed E-state index contributed by atoms with van der Waals surface area (Å²) in [5, 5.41) is 9.41. The first-order valence-corrected chi connectivity index (χ1v) is 9.63. The number of piperidine rings is 1. The summed E-state index contributed by atoms with van der Waals surface area (Å²) in [4.78, 5) is 26.2. The van der Waals surface area contributed by atoms with E-state index in [0.717, 1.165) is 10.0 Å². The summed E-state index contributed by atoms with van der Waals surface area (Å²) in [6.07, 6.45) is 0.480. The minimum Gasteiger partial charge on any atom is -0.481 e. The van der Waals surface area contributed by atoms with Crippen molar-refractivity contribution in [1.82, 2.24) is 4.90 Å². The third-order valence-electron chi connectivity index (χ3n) is 5.41. The van der Waals surface area contributed by atoms with E-state index < -0.39 is 11.4 Å². The van der Waals surface area contributed by atoms with Crippen LogP contribution in [0.15, 0.2) is 53.0 Å². The molecule has 2 aromatic rings. The second kappa shape index (κ2) is 7.80. The minimum absolute atomic E-state index is 0.0813. The summed E-state index contributed by atoms with van der Waals surface area (Å²) in [5.74, 6) is -1.42. The van der Waals surface area contributed by atoms with E-state index in [9.17, 15) is 19.1 Å². The van der Waals surface area contributed by atoms with Crippen LogP contribution in [0.1, 0.15) is 43.4 Å². The van der Waals surface area contributed by atoms with Crippen molar-refractivity contribution in [1.29, 1.82) is 0 Å². The number of benzene rings is 2. The Morgan fingerprint density at radius 2 is 1.85 bits per heavy atom. The number of aliphatic carboxylic acids is 1. The number of amides is 1. The zero-order valence-corrected chi connectivity index (χ0v) is 16.6. The number of likely N-dealkylation sites (tertiary alicyclic amines) is 1. The summed E-state index contributed by atoms with van der Waals surface area (Å²) >= 11 is 3.41. The Morgan fingerprint density at radius 3 is 2.41 bits per heavy atom. The van der Waals surface area contributed by atoms with Gasteiger partial charge in [-0.15, -0.1) is 0 Å². The summed E-state index contributed by atoms with van der Waals surface area (Å²) < 4.78 is 14.3. The highest BCUT2D eigenvalue weighted by atomic mass is 79.9. The lowest BCUT2D eigenvalue weighted by Gasteiger charge is -2.43. The highest BCUT2D eigenvalue weighted by Crippen LogP contribution is 2.41. The molecule has 0 bridgehead atoms. The molecule has 2 aromatic carbocycles. The van der Waals surface area contributed by atoms with Gasteiger partial charge >= 0.3 is 5.97 Å². The molecule has 1 heterocycles. The maximum absolute atomic E-state index is 13.3. The van der Waals surface area contributed by atoms with Gasteiger partial charge < -0.3 is 10.0 Å².